The minimum Gasteiger partial charge on any atom is -0.490 e. The van der Waals surface area contributed by atoms with Gasteiger partial charge in [0.2, 0.25) is 0 Å². The molecule has 0 aromatic heterocycles. The second kappa shape index (κ2) is 7.94. The number of benzene rings is 1. The van der Waals surface area contributed by atoms with E-state index in [9.17, 15) is 8.78 Å². The number of nitrogens with one attached hydrogen (secondary N) is 1. The Morgan fingerprint density at radius 2 is 1.95 bits per heavy atom. The first-order chi connectivity index (χ1) is 9.02. The molecule has 0 fully saturated rings. The quantitative estimate of drug-likeness (QED) is 0.787. The van der Waals surface area contributed by atoms with Crippen LogP contribution in [0.4, 0.5) is 8.78 Å². The molecule has 0 amide bonds. The standard InChI is InChI=1S/C14H21F2NO2/c1-4-18-13-7-11(9-17-8-10(2)3)5-6-12(13)19-14(15)16/h5-7,10,14,17H,4,8-9H2,1-3H3. The van der Waals surface area contributed by atoms with Gasteiger partial charge < -0.3 is 14.8 Å². The van der Waals surface area contributed by atoms with Gasteiger partial charge in [0.1, 0.15) is 0 Å². The van der Waals surface area contributed by atoms with Gasteiger partial charge in [-0.25, -0.2) is 0 Å². The summed E-state index contributed by atoms with van der Waals surface area (Å²) in [4.78, 5) is 0. The van der Waals surface area contributed by atoms with Crippen molar-refractivity contribution in [2.45, 2.75) is 33.9 Å². The molecule has 1 rings (SSSR count). The van der Waals surface area contributed by atoms with E-state index in [1.807, 2.05) is 0 Å². The normalized spacial score (nSPS) is 11.1. The summed E-state index contributed by atoms with van der Waals surface area (Å²) in [7, 11) is 0. The highest BCUT2D eigenvalue weighted by atomic mass is 19.3. The lowest BCUT2D eigenvalue weighted by Gasteiger charge is -2.13. The van der Waals surface area contributed by atoms with Crippen LogP contribution >= 0.6 is 0 Å². The van der Waals surface area contributed by atoms with Gasteiger partial charge >= 0.3 is 6.61 Å². The lowest BCUT2D eigenvalue weighted by molar-refractivity contribution is -0.0514. The van der Waals surface area contributed by atoms with E-state index in [1.165, 1.54) is 6.07 Å². The number of hydrogen-bond donors (Lipinski definition) is 1. The van der Waals surface area contributed by atoms with E-state index in [-0.39, 0.29) is 5.75 Å². The fourth-order valence-electron chi connectivity index (χ4n) is 1.63. The van der Waals surface area contributed by atoms with Gasteiger partial charge in [0.25, 0.3) is 0 Å². The first kappa shape index (κ1) is 15.7. The monoisotopic (exact) mass is 273 g/mol. The Hall–Kier alpha value is -1.36. The molecule has 19 heavy (non-hydrogen) atoms. The summed E-state index contributed by atoms with van der Waals surface area (Å²) < 4.78 is 34.2. The highest BCUT2D eigenvalue weighted by Crippen LogP contribution is 2.29. The Kier molecular flexibility index (Phi) is 6.56. The van der Waals surface area contributed by atoms with E-state index >= 15 is 0 Å². The smallest absolute Gasteiger partial charge is 0.387 e. The van der Waals surface area contributed by atoms with Crippen LogP contribution in [-0.4, -0.2) is 19.8 Å². The molecule has 0 aliphatic heterocycles. The molecule has 5 heteroatoms. The molecule has 0 radical (unpaired) electrons. The first-order valence-corrected chi connectivity index (χ1v) is 6.44. The number of alkyl halides is 2. The molecule has 0 unspecified atom stereocenters. The van der Waals surface area contributed by atoms with Gasteiger partial charge in [-0.2, -0.15) is 8.78 Å². The van der Waals surface area contributed by atoms with Crippen LogP contribution in [0.15, 0.2) is 18.2 Å². The Labute approximate surface area is 112 Å². The van der Waals surface area contributed by atoms with Gasteiger partial charge in [-0.05, 0) is 37.1 Å². The second-order valence-corrected chi connectivity index (χ2v) is 4.62. The molecule has 108 valence electrons. The Morgan fingerprint density at radius 3 is 2.53 bits per heavy atom. The van der Waals surface area contributed by atoms with Crippen LogP contribution in [0.2, 0.25) is 0 Å². The lowest BCUT2D eigenvalue weighted by Crippen LogP contribution is -2.19. The molecule has 1 aromatic rings. The van der Waals surface area contributed by atoms with Crippen molar-refractivity contribution >= 4 is 0 Å². The van der Waals surface area contributed by atoms with Gasteiger partial charge in [0.05, 0.1) is 6.61 Å². The van der Waals surface area contributed by atoms with E-state index < -0.39 is 6.61 Å². The zero-order valence-corrected chi connectivity index (χ0v) is 11.6. The average Bonchev–Trinajstić information content (AvgIpc) is 2.31. The predicted octanol–water partition coefficient (Wildman–Crippen LogP) is 3.43. The molecule has 3 nitrogen and oxygen atoms in total. The van der Waals surface area contributed by atoms with Gasteiger partial charge in [-0.3, -0.25) is 0 Å². The van der Waals surface area contributed by atoms with Crippen LogP contribution in [0.1, 0.15) is 26.3 Å². The zero-order chi connectivity index (χ0) is 14.3. The van der Waals surface area contributed by atoms with Crippen molar-refractivity contribution in [1.82, 2.24) is 5.32 Å². The van der Waals surface area contributed by atoms with Gasteiger partial charge in [-0.15, -0.1) is 0 Å². The Balaban J connectivity index is 2.71. The minimum absolute atomic E-state index is 0.0736. The topological polar surface area (TPSA) is 30.5 Å². The summed E-state index contributed by atoms with van der Waals surface area (Å²) in [5.41, 5.74) is 0.978. The first-order valence-electron chi connectivity index (χ1n) is 6.44. The Morgan fingerprint density at radius 1 is 1.21 bits per heavy atom. The number of rotatable bonds is 8. The molecule has 1 N–H and O–H groups in total. The lowest BCUT2D eigenvalue weighted by atomic mass is 10.2. The molecule has 0 saturated heterocycles. The van der Waals surface area contributed by atoms with Crippen molar-refractivity contribution in [2.75, 3.05) is 13.2 Å². The molecule has 0 aliphatic carbocycles. The molecule has 0 atom stereocenters. The number of halogens is 2. The van der Waals surface area contributed by atoms with E-state index in [0.29, 0.717) is 24.8 Å². The van der Waals surface area contributed by atoms with Gasteiger partial charge in [0, 0.05) is 6.54 Å². The van der Waals surface area contributed by atoms with Crippen LogP contribution in [0.3, 0.4) is 0 Å². The van der Waals surface area contributed by atoms with Crippen LogP contribution in [0.25, 0.3) is 0 Å². The van der Waals surface area contributed by atoms with E-state index in [2.05, 4.69) is 23.9 Å². The highest BCUT2D eigenvalue weighted by molar-refractivity contribution is 5.43. The van der Waals surface area contributed by atoms with Crippen molar-refractivity contribution in [3.63, 3.8) is 0 Å². The molecule has 0 heterocycles. The molecule has 0 bridgehead atoms. The van der Waals surface area contributed by atoms with Crippen molar-refractivity contribution in [3.8, 4) is 11.5 Å². The average molecular weight is 273 g/mol. The highest BCUT2D eigenvalue weighted by Gasteiger charge is 2.11. The maximum Gasteiger partial charge on any atom is 0.387 e. The van der Waals surface area contributed by atoms with Crippen molar-refractivity contribution in [2.24, 2.45) is 5.92 Å². The third-order valence-electron chi connectivity index (χ3n) is 2.41. The van der Waals surface area contributed by atoms with Crippen molar-refractivity contribution in [1.29, 1.82) is 0 Å². The largest absolute Gasteiger partial charge is 0.490 e. The van der Waals surface area contributed by atoms with E-state index in [4.69, 9.17) is 4.74 Å². The fraction of sp³-hybridized carbons (Fsp3) is 0.571. The van der Waals surface area contributed by atoms with Crippen molar-refractivity contribution in [3.05, 3.63) is 23.8 Å². The fourth-order valence-corrected chi connectivity index (χ4v) is 1.63. The summed E-state index contributed by atoms with van der Waals surface area (Å²) in [6, 6.07) is 5.01. The number of ether oxygens (including phenoxy) is 2. The second-order valence-electron chi connectivity index (χ2n) is 4.62. The maximum absolute atomic E-state index is 12.2. The summed E-state index contributed by atoms with van der Waals surface area (Å²) in [6.45, 7) is 5.19. The SMILES string of the molecule is CCOc1cc(CNCC(C)C)ccc1OC(F)F. The van der Waals surface area contributed by atoms with Crippen LogP contribution < -0.4 is 14.8 Å². The van der Waals surface area contributed by atoms with Crippen LogP contribution in [0.5, 0.6) is 11.5 Å². The van der Waals surface area contributed by atoms with Crippen molar-refractivity contribution < 1.29 is 18.3 Å². The molecule has 1 aromatic carbocycles. The predicted molar refractivity (Wildman–Crippen MR) is 70.8 cm³/mol. The molecular weight excluding hydrogens is 252 g/mol. The van der Waals surface area contributed by atoms with E-state index in [1.54, 1.807) is 19.1 Å². The minimum atomic E-state index is -2.84. The molecule has 0 spiro atoms. The number of hydrogen-bond acceptors (Lipinski definition) is 3. The van der Waals surface area contributed by atoms with E-state index in [0.717, 1.165) is 12.1 Å². The summed E-state index contributed by atoms with van der Waals surface area (Å²) >= 11 is 0. The third kappa shape index (κ3) is 5.87. The summed E-state index contributed by atoms with van der Waals surface area (Å²) in [6.07, 6.45) is 0. The Bertz CT molecular complexity index is 384. The zero-order valence-electron chi connectivity index (χ0n) is 11.6. The van der Waals surface area contributed by atoms with Gasteiger partial charge in [-0.1, -0.05) is 19.9 Å². The third-order valence-corrected chi connectivity index (χ3v) is 2.41. The summed E-state index contributed by atoms with van der Waals surface area (Å²) in [5.74, 6) is 0.990. The molecule has 0 aliphatic rings. The molecule has 0 saturated carbocycles. The summed E-state index contributed by atoms with van der Waals surface area (Å²) in [5, 5.41) is 3.29. The maximum atomic E-state index is 12.2. The van der Waals surface area contributed by atoms with Crippen LogP contribution in [0, 0.1) is 5.92 Å². The molecular formula is C14H21F2NO2. The van der Waals surface area contributed by atoms with Crippen LogP contribution in [-0.2, 0) is 6.54 Å². The van der Waals surface area contributed by atoms with Gasteiger partial charge in [0.15, 0.2) is 11.5 Å².